The molecular formula is C12H17N3OS. The number of rotatable bonds is 4. The molecule has 0 saturated carbocycles. The van der Waals surface area contributed by atoms with Gasteiger partial charge in [0, 0.05) is 0 Å². The Bertz CT molecular complexity index is 500. The lowest BCUT2D eigenvalue weighted by Gasteiger charge is -2.07. The Morgan fingerprint density at radius 2 is 2.18 bits per heavy atom. The molecule has 0 bridgehead atoms. The molecule has 2 aromatic heterocycles. The molecule has 0 aliphatic rings. The molecule has 2 rings (SSSR count). The second kappa shape index (κ2) is 4.98. The van der Waals surface area contributed by atoms with Crippen LogP contribution in [0.3, 0.4) is 0 Å². The van der Waals surface area contributed by atoms with Crippen LogP contribution in [0.2, 0.25) is 0 Å². The van der Waals surface area contributed by atoms with E-state index in [1.54, 1.807) is 11.3 Å². The lowest BCUT2D eigenvalue weighted by molar-refractivity contribution is 0.505. The number of furan rings is 1. The summed E-state index contributed by atoms with van der Waals surface area (Å²) in [5.41, 5.74) is 1.05. The quantitative estimate of drug-likeness (QED) is 0.907. The van der Waals surface area contributed by atoms with Gasteiger partial charge in [-0.15, -0.1) is 10.2 Å². The molecule has 4 nitrogen and oxygen atoms in total. The molecule has 2 heterocycles. The summed E-state index contributed by atoms with van der Waals surface area (Å²) in [5, 5.41) is 13.7. The Balaban J connectivity index is 2.32. The van der Waals surface area contributed by atoms with Crippen molar-refractivity contribution in [3.05, 3.63) is 22.6 Å². The topological polar surface area (TPSA) is 51.0 Å². The van der Waals surface area contributed by atoms with Gasteiger partial charge in [0.15, 0.2) is 5.01 Å². The van der Waals surface area contributed by atoms with E-state index in [1.165, 1.54) is 0 Å². The molecule has 0 aromatic carbocycles. The molecule has 1 unspecified atom stereocenters. The number of nitrogens with zero attached hydrogens (tertiary/aromatic N) is 2. The van der Waals surface area contributed by atoms with Gasteiger partial charge in [0.25, 0.3) is 0 Å². The normalized spacial score (nSPS) is 12.9. The van der Waals surface area contributed by atoms with Crippen molar-refractivity contribution >= 4 is 11.3 Å². The zero-order chi connectivity index (χ0) is 12.4. The first-order valence-electron chi connectivity index (χ1n) is 5.73. The molecule has 0 aliphatic carbocycles. The molecule has 0 fully saturated rings. The standard InChI is InChI=1S/C12H17N3OS/c1-5-10(13-4)12-15-14-11(17-12)9-6-7(2)16-8(9)3/h6,10,13H,5H2,1-4H3. The Kier molecular flexibility index (Phi) is 3.59. The highest BCUT2D eigenvalue weighted by molar-refractivity contribution is 7.14. The van der Waals surface area contributed by atoms with Crippen LogP contribution in [0.4, 0.5) is 0 Å². The van der Waals surface area contributed by atoms with E-state index in [2.05, 4.69) is 22.4 Å². The van der Waals surface area contributed by atoms with Crippen LogP contribution >= 0.6 is 11.3 Å². The third-order valence-corrected chi connectivity index (χ3v) is 3.84. The van der Waals surface area contributed by atoms with Crippen LogP contribution in [0.5, 0.6) is 0 Å². The fourth-order valence-corrected chi connectivity index (χ4v) is 2.93. The fourth-order valence-electron chi connectivity index (χ4n) is 1.83. The molecule has 0 saturated heterocycles. The summed E-state index contributed by atoms with van der Waals surface area (Å²) in [5.74, 6) is 1.82. The van der Waals surface area contributed by atoms with Crippen LogP contribution < -0.4 is 5.32 Å². The Labute approximate surface area is 105 Å². The highest BCUT2D eigenvalue weighted by Crippen LogP contribution is 2.31. The van der Waals surface area contributed by atoms with E-state index < -0.39 is 0 Å². The van der Waals surface area contributed by atoms with Crippen molar-refractivity contribution in [2.45, 2.75) is 33.2 Å². The minimum absolute atomic E-state index is 0.287. The van der Waals surface area contributed by atoms with Crippen LogP contribution in [0.1, 0.15) is 35.9 Å². The zero-order valence-corrected chi connectivity index (χ0v) is 11.4. The third-order valence-electron chi connectivity index (χ3n) is 2.77. The van der Waals surface area contributed by atoms with Crippen molar-refractivity contribution in [1.82, 2.24) is 15.5 Å². The molecule has 0 amide bonds. The van der Waals surface area contributed by atoms with E-state index in [4.69, 9.17) is 4.42 Å². The van der Waals surface area contributed by atoms with Gasteiger partial charge in [-0.05, 0) is 33.4 Å². The average Bonchev–Trinajstić information content (AvgIpc) is 2.87. The van der Waals surface area contributed by atoms with Crippen molar-refractivity contribution in [2.24, 2.45) is 0 Å². The van der Waals surface area contributed by atoms with Crippen molar-refractivity contribution < 1.29 is 4.42 Å². The maximum atomic E-state index is 5.51. The van der Waals surface area contributed by atoms with Gasteiger partial charge in [-0.1, -0.05) is 18.3 Å². The summed E-state index contributed by atoms with van der Waals surface area (Å²) >= 11 is 1.63. The molecule has 0 spiro atoms. The number of hydrogen-bond acceptors (Lipinski definition) is 5. The van der Waals surface area contributed by atoms with Crippen molar-refractivity contribution in [3.63, 3.8) is 0 Å². The van der Waals surface area contributed by atoms with Crippen molar-refractivity contribution in [1.29, 1.82) is 0 Å². The first-order chi connectivity index (χ1) is 8.15. The predicted octanol–water partition coefficient (Wildman–Crippen LogP) is 3.09. The number of aromatic nitrogens is 2. The second-order valence-corrected chi connectivity index (χ2v) is 5.03. The summed E-state index contributed by atoms with van der Waals surface area (Å²) < 4.78 is 5.51. The van der Waals surface area contributed by atoms with Gasteiger partial charge >= 0.3 is 0 Å². The molecule has 92 valence electrons. The maximum Gasteiger partial charge on any atom is 0.151 e. The number of aryl methyl sites for hydroxylation is 2. The highest BCUT2D eigenvalue weighted by atomic mass is 32.1. The van der Waals surface area contributed by atoms with E-state index in [0.717, 1.165) is 33.5 Å². The Hall–Kier alpha value is -1.20. The monoisotopic (exact) mass is 251 g/mol. The van der Waals surface area contributed by atoms with Gasteiger partial charge in [0.05, 0.1) is 11.6 Å². The molecule has 2 aromatic rings. The van der Waals surface area contributed by atoms with Gasteiger partial charge in [0.1, 0.15) is 16.5 Å². The van der Waals surface area contributed by atoms with Gasteiger partial charge < -0.3 is 9.73 Å². The Morgan fingerprint density at radius 1 is 1.41 bits per heavy atom. The van der Waals surface area contributed by atoms with Crippen LogP contribution in [0, 0.1) is 13.8 Å². The molecule has 5 heteroatoms. The van der Waals surface area contributed by atoms with Crippen LogP contribution in [-0.2, 0) is 0 Å². The zero-order valence-electron chi connectivity index (χ0n) is 10.6. The number of nitrogens with one attached hydrogen (secondary N) is 1. The minimum Gasteiger partial charge on any atom is -0.466 e. The smallest absolute Gasteiger partial charge is 0.151 e. The van der Waals surface area contributed by atoms with E-state index >= 15 is 0 Å². The summed E-state index contributed by atoms with van der Waals surface area (Å²) in [4.78, 5) is 0. The predicted molar refractivity (Wildman–Crippen MR) is 69.2 cm³/mol. The van der Waals surface area contributed by atoms with Crippen LogP contribution in [0.25, 0.3) is 10.6 Å². The van der Waals surface area contributed by atoms with Crippen molar-refractivity contribution in [2.75, 3.05) is 7.05 Å². The molecule has 0 aliphatic heterocycles. The molecule has 0 radical (unpaired) electrons. The van der Waals surface area contributed by atoms with Crippen LogP contribution in [0.15, 0.2) is 10.5 Å². The summed E-state index contributed by atoms with van der Waals surface area (Å²) in [6, 6.07) is 2.30. The molecule has 1 N–H and O–H groups in total. The summed E-state index contributed by atoms with van der Waals surface area (Å²) in [7, 11) is 1.95. The maximum absolute atomic E-state index is 5.51. The average molecular weight is 251 g/mol. The van der Waals surface area contributed by atoms with E-state index in [0.29, 0.717) is 0 Å². The lowest BCUT2D eigenvalue weighted by atomic mass is 10.2. The Morgan fingerprint density at radius 3 is 2.71 bits per heavy atom. The van der Waals surface area contributed by atoms with Gasteiger partial charge in [-0.3, -0.25) is 0 Å². The molecule has 17 heavy (non-hydrogen) atoms. The summed E-state index contributed by atoms with van der Waals surface area (Å²) in [6.07, 6.45) is 1.01. The molecular weight excluding hydrogens is 234 g/mol. The van der Waals surface area contributed by atoms with Gasteiger partial charge in [-0.2, -0.15) is 0 Å². The SMILES string of the molecule is CCC(NC)c1nnc(-c2cc(C)oc2C)s1. The van der Waals surface area contributed by atoms with E-state index in [9.17, 15) is 0 Å². The summed E-state index contributed by atoms with van der Waals surface area (Å²) in [6.45, 7) is 6.04. The minimum atomic E-state index is 0.287. The van der Waals surface area contributed by atoms with Gasteiger partial charge in [0.2, 0.25) is 0 Å². The second-order valence-electron chi connectivity index (χ2n) is 4.02. The highest BCUT2D eigenvalue weighted by Gasteiger charge is 2.16. The molecule has 1 atom stereocenters. The fraction of sp³-hybridized carbons (Fsp3) is 0.500. The first kappa shape index (κ1) is 12.3. The van der Waals surface area contributed by atoms with E-state index in [-0.39, 0.29) is 6.04 Å². The number of hydrogen-bond donors (Lipinski definition) is 1. The third kappa shape index (κ3) is 2.40. The van der Waals surface area contributed by atoms with Crippen LogP contribution in [-0.4, -0.2) is 17.2 Å². The van der Waals surface area contributed by atoms with Gasteiger partial charge in [-0.25, -0.2) is 0 Å². The lowest BCUT2D eigenvalue weighted by Crippen LogP contribution is -2.14. The first-order valence-corrected chi connectivity index (χ1v) is 6.55. The van der Waals surface area contributed by atoms with Crippen molar-refractivity contribution in [3.8, 4) is 10.6 Å². The largest absolute Gasteiger partial charge is 0.466 e. The van der Waals surface area contributed by atoms with E-state index in [1.807, 2.05) is 27.0 Å².